The lowest BCUT2D eigenvalue weighted by Gasteiger charge is -2.13. The van der Waals surface area contributed by atoms with E-state index in [1.807, 2.05) is 0 Å². The van der Waals surface area contributed by atoms with Crippen LogP contribution in [0.15, 0.2) is 41.3 Å². The van der Waals surface area contributed by atoms with Gasteiger partial charge < -0.3 is 9.47 Å². The third kappa shape index (κ3) is 3.22. The summed E-state index contributed by atoms with van der Waals surface area (Å²) in [5.41, 5.74) is -1.01. The Morgan fingerprint density at radius 2 is 1.75 bits per heavy atom. The first kappa shape index (κ1) is 16.7. The normalized spacial score (nSPS) is 13.8. The maximum absolute atomic E-state index is 12.8. The standard InChI is InChI=1S/C14H9ClF3NO4S/c15-10-3-1-8(14(16,17)18)5-13(10)24(20,21)19-9-2-4-11-12(6-9)23-7-22-11/h1-6,19H,7H2. The Morgan fingerprint density at radius 1 is 1.04 bits per heavy atom. The Morgan fingerprint density at radius 3 is 2.46 bits per heavy atom. The van der Waals surface area contributed by atoms with Gasteiger partial charge in [0.25, 0.3) is 10.0 Å². The number of hydrogen-bond donors (Lipinski definition) is 1. The minimum Gasteiger partial charge on any atom is -0.454 e. The lowest BCUT2D eigenvalue weighted by molar-refractivity contribution is -0.137. The maximum atomic E-state index is 12.8. The first-order chi connectivity index (χ1) is 11.2. The number of hydrogen-bond acceptors (Lipinski definition) is 4. The van der Waals surface area contributed by atoms with Crippen molar-refractivity contribution in [2.45, 2.75) is 11.1 Å². The smallest absolute Gasteiger partial charge is 0.416 e. The molecule has 0 unspecified atom stereocenters. The van der Waals surface area contributed by atoms with Gasteiger partial charge in [0.15, 0.2) is 11.5 Å². The molecule has 0 radical (unpaired) electrons. The van der Waals surface area contributed by atoms with Gasteiger partial charge in [0, 0.05) is 6.07 Å². The Kier molecular flexibility index (Phi) is 4.00. The number of fused-ring (bicyclic) bond motifs is 1. The van der Waals surface area contributed by atoms with Crippen molar-refractivity contribution in [2.24, 2.45) is 0 Å². The van der Waals surface area contributed by atoms with E-state index in [-0.39, 0.29) is 17.5 Å². The van der Waals surface area contributed by atoms with Crippen molar-refractivity contribution in [1.29, 1.82) is 0 Å². The highest BCUT2D eigenvalue weighted by Gasteiger charge is 2.32. The van der Waals surface area contributed by atoms with E-state index in [0.29, 0.717) is 23.6 Å². The van der Waals surface area contributed by atoms with Gasteiger partial charge in [-0.15, -0.1) is 0 Å². The number of benzene rings is 2. The minimum atomic E-state index is -4.69. The van der Waals surface area contributed by atoms with E-state index < -0.39 is 26.7 Å². The van der Waals surface area contributed by atoms with Crippen LogP contribution in [0.25, 0.3) is 0 Å². The van der Waals surface area contributed by atoms with Crippen molar-refractivity contribution in [2.75, 3.05) is 11.5 Å². The molecule has 10 heteroatoms. The van der Waals surface area contributed by atoms with Gasteiger partial charge >= 0.3 is 6.18 Å². The van der Waals surface area contributed by atoms with Gasteiger partial charge in [-0.05, 0) is 30.3 Å². The third-order valence-corrected chi connectivity index (χ3v) is 5.04. The quantitative estimate of drug-likeness (QED) is 0.878. The maximum Gasteiger partial charge on any atom is 0.416 e. The first-order valence-corrected chi connectivity index (χ1v) is 8.32. The van der Waals surface area contributed by atoms with Crippen molar-refractivity contribution in [3.8, 4) is 11.5 Å². The molecule has 0 saturated carbocycles. The zero-order valence-corrected chi connectivity index (χ0v) is 13.3. The highest BCUT2D eigenvalue weighted by Crippen LogP contribution is 2.36. The molecule has 1 N–H and O–H groups in total. The summed E-state index contributed by atoms with van der Waals surface area (Å²) in [6.45, 7) is 0.00495. The third-order valence-electron chi connectivity index (χ3n) is 3.17. The van der Waals surface area contributed by atoms with Crippen LogP contribution in [0.3, 0.4) is 0 Å². The fourth-order valence-electron chi connectivity index (χ4n) is 2.06. The molecule has 0 aliphatic carbocycles. The summed E-state index contributed by atoms with van der Waals surface area (Å²) in [4.78, 5) is -0.670. The van der Waals surface area contributed by atoms with Crippen molar-refractivity contribution in [3.05, 3.63) is 47.0 Å². The molecule has 1 aliphatic heterocycles. The fourth-order valence-corrected chi connectivity index (χ4v) is 3.63. The lowest BCUT2D eigenvalue weighted by Crippen LogP contribution is -2.15. The highest BCUT2D eigenvalue weighted by molar-refractivity contribution is 7.92. The van der Waals surface area contributed by atoms with Gasteiger partial charge in [0.2, 0.25) is 6.79 Å². The summed E-state index contributed by atoms with van der Waals surface area (Å²) < 4.78 is 75.4. The molecule has 0 atom stereocenters. The van der Waals surface area contributed by atoms with E-state index in [0.717, 1.165) is 6.07 Å². The van der Waals surface area contributed by atoms with E-state index in [1.54, 1.807) is 0 Å². The average Bonchev–Trinajstić information content (AvgIpc) is 2.93. The Hall–Kier alpha value is -2.13. The molecule has 0 saturated heterocycles. The molecule has 2 aromatic rings. The van der Waals surface area contributed by atoms with Crippen LogP contribution in [0.4, 0.5) is 18.9 Å². The summed E-state index contributed by atoms with van der Waals surface area (Å²) >= 11 is 5.76. The largest absolute Gasteiger partial charge is 0.454 e. The van der Waals surface area contributed by atoms with E-state index in [1.165, 1.54) is 18.2 Å². The first-order valence-electron chi connectivity index (χ1n) is 6.46. The van der Waals surface area contributed by atoms with Crippen molar-refractivity contribution < 1.29 is 31.1 Å². The molecular formula is C14H9ClF3NO4S. The lowest BCUT2D eigenvalue weighted by atomic mass is 10.2. The summed E-state index contributed by atoms with van der Waals surface area (Å²) in [7, 11) is -4.32. The van der Waals surface area contributed by atoms with Crippen molar-refractivity contribution in [3.63, 3.8) is 0 Å². The number of rotatable bonds is 3. The number of anilines is 1. The van der Waals surface area contributed by atoms with Crippen LogP contribution in [-0.4, -0.2) is 15.2 Å². The number of alkyl halides is 3. The van der Waals surface area contributed by atoms with E-state index >= 15 is 0 Å². The Bertz CT molecular complexity index is 899. The molecule has 128 valence electrons. The van der Waals surface area contributed by atoms with Crippen molar-refractivity contribution >= 4 is 27.3 Å². The van der Waals surface area contributed by atoms with Gasteiger partial charge in [-0.25, -0.2) is 8.42 Å². The van der Waals surface area contributed by atoms with Gasteiger partial charge in [0.1, 0.15) is 4.90 Å². The SMILES string of the molecule is O=S(=O)(Nc1ccc2c(c1)OCO2)c1cc(C(F)(F)F)ccc1Cl. The van der Waals surface area contributed by atoms with Crippen LogP contribution < -0.4 is 14.2 Å². The zero-order chi connectivity index (χ0) is 17.5. The molecule has 0 spiro atoms. The highest BCUT2D eigenvalue weighted by atomic mass is 35.5. The second-order valence-corrected chi connectivity index (χ2v) is 6.87. The van der Waals surface area contributed by atoms with Gasteiger partial charge in [0.05, 0.1) is 16.3 Å². The number of ether oxygens (including phenoxy) is 2. The number of nitrogens with one attached hydrogen (secondary N) is 1. The molecule has 0 amide bonds. The summed E-state index contributed by atoms with van der Waals surface area (Å²) in [5, 5.41) is -0.323. The molecule has 0 aromatic heterocycles. The number of halogens is 4. The van der Waals surface area contributed by atoms with Crippen LogP contribution in [0, 0.1) is 0 Å². The molecule has 1 aliphatic rings. The van der Waals surface area contributed by atoms with Gasteiger partial charge in [-0.2, -0.15) is 13.2 Å². The van der Waals surface area contributed by atoms with E-state index in [9.17, 15) is 21.6 Å². The second-order valence-electron chi connectivity index (χ2n) is 4.82. The van der Waals surface area contributed by atoms with E-state index in [4.69, 9.17) is 21.1 Å². The monoisotopic (exact) mass is 379 g/mol. The van der Waals surface area contributed by atoms with Gasteiger partial charge in [-0.1, -0.05) is 11.6 Å². The number of sulfonamides is 1. The Labute approximate surface area is 140 Å². The molecule has 24 heavy (non-hydrogen) atoms. The van der Waals surface area contributed by atoms with E-state index in [2.05, 4.69) is 4.72 Å². The summed E-state index contributed by atoms with van der Waals surface area (Å²) in [6, 6.07) is 6.32. The molecular weight excluding hydrogens is 371 g/mol. The van der Waals surface area contributed by atoms with Crippen molar-refractivity contribution in [1.82, 2.24) is 0 Å². The fraction of sp³-hybridized carbons (Fsp3) is 0.143. The van der Waals surface area contributed by atoms with Crippen LogP contribution in [-0.2, 0) is 16.2 Å². The minimum absolute atomic E-state index is 0.00495. The van der Waals surface area contributed by atoms with Gasteiger partial charge in [-0.3, -0.25) is 4.72 Å². The summed E-state index contributed by atoms with van der Waals surface area (Å²) in [6.07, 6.45) is -4.69. The van der Waals surface area contributed by atoms with Crippen LogP contribution in [0.2, 0.25) is 5.02 Å². The van der Waals surface area contributed by atoms with Crippen LogP contribution in [0.5, 0.6) is 11.5 Å². The molecule has 5 nitrogen and oxygen atoms in total. The molecule has 3 rings (SSSR count). The predicted molar refractivity (Wildman–Crippen MR) is 79.8 cm³/mol. The Balaban J connectivity index is 1.96. The molecule has 0 fully saturated rings. The molecule has 1 heterocycles. The second kappa shape index (κ2) is 5.75. The van der Waals surface area contributed by atoms with Crippen LogP contribution in [0.1, 0.15) is 5.56 Å². The zero-order valence-electron chi connectivity index (χ0n) is 11.7. The molecule has 0 bridgehead atoms. The summed E-state index contributed by atoms with van der Waals surface area (Å²) in [5.74, 6) is 0.764. The average molecular weight is 380 g/mol. The molecule has 2 aromatic carbocycles. The van der Waals surface area contributed by atoms with Crippen LogP contribution >= 0.6 is 11.6 Å². The predicted octanol–water partition coefficient (Wildman–Crippen LogP) is 3.89. The topological polar surface area (TPSA) is 64.6 Å².